The van der Waals surface area contributed by atoms with Crippen molar-refractivity contribution in [1.82, 2.24) is 14.8 Å². The second kappa shape index (κ2) is 4.44. The molecule has 0 atom stereocenters. The lowest BCUT2D eigenvalue weighted by molar-refractivity contribution is 0.619. The van der Waals surface area contributed by atoms with Crippen molar-refractivity contribution in [2.24, 2.45) is 0 Å². The van der Waals surface area contributed by atoms with Gasteiger partial charge in [-0.25, -0.2) is 14.1 Å². The monoisotopic (exact) mass is 337 g/mol. The van der Waals surface area contributed by atoms with Crippen molar-refractivity contribution in [2.75, 3.05) is 0 Å². The fourth-order valence-electron chi connectivity index (χ4n) is 1.19. The van der Waals surface area contributed by atoms with Crippen LogP contribution in [0.5, 0.6) is 0 Å². The largest absolute Gasteiger partial charge is 0.247 e. The molecule has 0 saturated heterocycles. The van der Waals surface area contributed by atoms with Crippen LogP contribution in [0.2, 0.25) is 5.02 Å². The highest BCUT2D eigenvalue weighted by Gasteiger charge is 2.06. The molecule has 2 aromatic rings. The molecule has 3 nitrogen and oxygen atoms in total. The van der Waals surface area contributed by atoms with Gasteiger partial charge in [-0.3, -0.25) is 0 Å². The third kappa shape index (κ3) is 2.46. The molecule has 0 spiro atoms. The van der Waals surface area contributed by atoms with Crippen LogP contribution >= 0.6 is 34.2 Å². The molecule has 0 N–H and O–H groups in total. The summed E-state index contributed by atoms with van der Waals surface area (Å²) in [6, 6.07) is 4.72. The van der Waals surface area contributed by atoms with Crippen molar-refractivity contribution in [3.05, 3.63) is 44.8 Å². The smallest absolute Gasteiger partial charge is 0.211 e. The molecule has 1 aromatic heterocycles. The van der Waals surface area contributed by atoms with Crippen molar-refractivity contribution in [3.63, 3.8) is 0 Å². The summed E-state index contributed by atoms with van der Waals surface area (Å²) in [7, 11) is 0. The Labute approximate surface area is 104 Å². The second-order valence-electron chi connectivity index (χ2n) is 2.92. The van der Waals surface area contributed by atoms with Gasteiger partial charge in [-0.15, -0.1) is 5.10 Å². The summed E-state index contributed by atoms with van der Waals surface area (Å²) in [5.41, 5.74) is 0.693. The van der Waals surface area contributed by atoms with Gasteiger partial charge in [0, 0.05) is 22.6 Å². The Kier molecular flexibility index (Phi) is 3.20. The molecule has 1 heterocycles. The zero-order valence-corrected chi connectivity index (χ0v) is 10.4. The van der Waals surface area contributed by atoms with Gasteiger partial charge in [0.1, 0.15) is 12.1 Å². The summed E-state index contributed by atoms with van der Waals surface area (Å²) in [5.74, 6) is -0.413. The fraction of sp³-hybridized carbons (Fsp3) is 0.111. The average Bonchev–Trinajstić information content (AvgIpc) is 2.59. The average molecular weight is 338 g/mol. The third-order valence-corrected chi connectivity index (χ3v) is 2.79. The van der Waals surface area contributed by atoms with Crippen molar-refractivity contribution >= 4 is 34.2 Å². The van der Waals surface area contributed by atoms with E-state index in [1.54, 1.807) is 23.1 Å². The van der Waals surface area contributed by atoms with E-state index in [4.69, 9.17) is 11.6 Å². The minimum absolute atomic E-state index is 0.142. The van der Waals surface area contributed by atoms with E-state index in [0.717, 1.165) is 0 Å². The van der Waals surface area contributed by atoms with E-state index in [2.05, 4.69) is 10.1 Å². The quantitative estimate of drug-likeness (QED) is 0.789. The summed E-state index contributed by atoms with van der Waals surface area (Å²) in [5, 5.41) is 4.23. The normalized spacial score (nSPS) is 10.6. The number of hydrogen-bond donors (Lipinski definition) is 0. The van der Waals surface area contributed by atoms with Crippen molar-refractivity contribution in [2.45, 2.75) is 6.54 Å². The SMILES string of the molecule is Fc1cccc(Cn2cnc(I)n2)c1Cl. The molecule has 0 amide bonds. The molecule has 0 bridgehead atoms. The van der Waals surface area contributed by atoms with Crippen LogP contribution in [0.1, 0.15) is 5.56 Å². The Hall–Kier alpha value is -0.690. The van der Waals surface area contributed by atoms with Gasteiger partial charge in [0.05, 0.1) is 11.6 Å². The second-order valence-corrected chi connectivity index (χ2v) is 4.27. The molecular formula is C9H6ClFIN3. The fourth-order valence-corrected chi connectivity index (χ4v) is 1.78. The standard InChI is InChI=1S/C9H6ClFIN3/c10-8-6(2-1-3-7(8)11)4-15-5-13-9(12)14-15/h1-3,5H,4H2. The zero-order valence-electron chi connectivity index (χ0n) is 7.49. The Morgan fingerprint density at radius 3 is 2.93 bits per heavy atom. The number of benzene rings is 1. The number of halogens is 3. The number of nitrogens with zero attached hydrogens (tertiary/aromatic N) is 3. The summed E-state index contributed by atoms with van der Waals surface area (Å²) in [6.45, 7) is 0.423. The molecule has 0 radical (unpaired) electrons. The first kappa shape index (κ1) is 10.8. The topological polar surface area (TPSA) is 30.7 Å². The Bertz CT molecular complexity index is 486. The highest BCUT2D eigenvalue weighted by atomic mass is 127. The molecule has 0 aliphatic rings. The molecule has 0 aliphatic carbocycles. The summed E-state index contributed by atoms with van der Waals surface area (Å²) in [6.07, 6.45) is 1.59. The Morgan fingerprint density at radius 1 is 1.47 bits per heavy atom. The highest BCUT2D eigenvalue weighted by molar-refractivity contribution is 14.1. The van der Waals surface area contributed by atoms with Crippen molar-refractivity contribution in [1.29, 1.82) is 0 Å². The molecule has 0 saturated carbocycles. The lowest BCUT2D eigenvalue weighted by Gasteiger charge is -2.04. The van der Waals surface area contributed by atoms with Crippen molar-refractivity contribution in [3.8, 4) is 0 Å². The summed E-state index contributed by atoms with van der Waals surface area (Å²) < 4.78 is 15.4. The van der Waals surface area contributed by atoms with Gasteiger partial charge in [0.25, 0.3) is 0 Å². The maximum absolute atomic E-state index is 13.1. The van der Waals surface area contributed by atoms with E-state index in [1.807, 2.05) is 22.6 Å². The first-order chi connectivity index (χ1) is 7.16. The molecule has 2 rings (SSSR count). The predicted octanol–water partition coefficient (Wildman–Crippen LogP) is 2.72. The van der Waals surface area contributed by atoms with Crippen LogP contribution in [-0.2, 0) is 6.54 Å². The number of rotatable bonds is 2. The van der Waals surface area contributed by atoms with Gasteiger partial charge in [-0.2, -0.15) is 0 Å². The van der Waals surface area contributed by atoms with Crippen LogP contribution in [0.15, 0.2) is 24.5 Å². The van der Waals surface area contributed by atoms with Gasteiger partial charge < -0.3 is 0 Å². The van der Waals surface area contributed by atoms with Gasteiger partial charge in [0.2, 0.25) is 3.83 Å². The molecule has 15 heavy (non-hydrogen) atoms. The predicted molar refractivity (Wildman–Crippen MR) is 63.3 cm³/mol. The third-order valence-electron chi connectivity index (χ3n) is 1.87. The first-order valence-corrected chi connectivity index (χ1v) is 5.60. The molecule has 78 valence electrons. The molecule has 6 heteroatoms. The first-order valence-electron chi connectivity index (χ1n) is 4.14. The summed E-state index contributed by atoms with van der Waals surface area (Å²) in [4.78, 5) is 3.97. The van der Waals surface area contributed by atoms with Crippen LogP contribution in [0.25, 0.3) is 0 Å². The van der Waals surface area contributed by atoms with Crippen LogP contribution in [0.3, 0.4) is 0 Å². The number of hydrogen-bond acceptors (Lipinski definition) is 2. The molecule has 0 aliphatic heterocycles. The van der Waals surface area contributed by atoms with Crippen molar-refractivity contribution < 1.29 is 4.39 Å². The lowest BCUT2D eigenvalue weighted by atomic mass is 10.2. The van der Waals surface area contributed by atoms with Crippen LogP contribution in [0, 0.1) is 9.65 Å². The van der Waals surface area contributed by atoms with E-state index in [0.29, 0.717) is 15.9 Å². The zero-order chi connectivity index (χ0) is 10.8. The van der Waals surface area contributed by atoms with Crippen LogP contribution in [-0.4, -0.2) is 14.8 Å². The van der Waals surface area contributed by atoms with Gasteiger partial charge in [0.15, 0.2) is 0 Å². The highest BCUT2D eigenvalue weighted by Crippen LogP contribution is 2.20. The van der Waals surface area contributed by atoms with Gasteiger partial charge in [-0.05, 0) is 11.6 Å². The minimum Gasteiger partial charge on any atom is -0.247 e. The van der Waals surface area contributed by atoms with E-state index in [-0.39, 0.29) is 5.02 Å². The van der Waals surface area contributed by atoms with Crippen LogP contribution in [0.4, 0.5) is 4.39 Å². The minimum atomic E-state index is -0.413. The molecule has 0 fully saturated rings. The maximum atomic E-state index is 13.1. The molecule has 1 aromatic carbocycles. The van der Waals surface area contributed by atoms with Gasteiger partial charge >= 0.3 is 0 Å². The number of aromatic nitrogens is 3. The molecule has 0 unspecified atom stereocenters. The van der Waals surface area contributed by atoms with E-state index in [9.17, 15) is 4.39 Å². The van der Waals surface area contributed by atoms with Gasteiger partial charge in [-0.1, -0.05) is 23.7 Å². The Balaban J connectivity index is 2.28. The summed E-state index contributed by atoms with van der Waals surface area (Å²) >= 11 is 7.82. The molecular weight excluding hydrogens is 331 g/mol. The van der Waals surface area contributed by atoms with E-state index < -0.39 is 5.82 Å². The van der Waals surface area contributed by atoms with E-state index in [1.165, 1.54) is 6.07 Å². The Morgan fingerprint density at radius 2 is 2.27 bits per heavy atom. The lowest BCUT2D eigenvalue weighted by Crippen LogP contribution is -2.01. The van der Waals surface area contributed by atoms with Crippen LogP contribution < -0.4 is 0 Å². The maximum Gasteiger partial charge on any atom is 0.211 e. The van der Waals surface area contributed by atoms with E-state index >= 15 is 0 Å².